The maximum absolute atomic E-state index is 14.3. The molecule has 26 heavy (non-hydrogen) atoms. The fraction of sp³-hybridized carbons (Fsp3) is 0.389. The van der Waals surface area contributed by atoms with Crippen LogP contribution in [0.3, 0.4) is 0 Å². The summed E-state index contributed by atoms with van der Waals surface area (Å²) in [7, 11) is 3.42. The van der Waals surface area contributed by atoms with Crippen LogP contribution < -0.4 is 5.32 Å². The molecule has 0 bridgehead atoms. The number of aromatic nitrogens is 2. The van der Waals surface area contributed by atoms with Gasteiger partial charge in [-0.25, -0.2) is 13.9 Å². The van der Waals surface area contributed by atoms with Crippen molar-refractivity contribution in [3.63, 3.8) is 0 Å². The normalized spacial score (nSPS) is 15.0. The lowest BCUT2D eigenvalue weighted by molar-refractivity contribution is -0.121. The van der Waals surface area contributed by atoms with Gasteiger partial charge in [0.15, 0.2) is 5.82 Å². The second-order valence-electron chi connectivity index (χ2n) is 6.54. The Balaban J connectivity index is 1.59. The number of piperidine rings is 1. The molecule has 0 unspecified atom stereocenters. The van der Waals surface area contributed by atoms with Crippen LogP contribution in [0.15, 0.2) is 36.7 Å². The topological polar surface area (TPSA) is 70.5 Å². The Kier molecular flexibility index (Phi) is 5.20. The summed E-state index contributed by atoms with van der Waals surface area (Å²) in [6, 6.07) is 6.20. The number of rotatable bonds is 3. The number of nitrogens with one attached hydrogen (secondary N) is 1. The predicted molar refractivity (Wildman–Crippen MR) is 95.5 cm³/mol. The van der Waals surface area contributed by atoms with E-state index in [-0.39, 0.29) is 17.9 Å². The third kappa shape index (κ3) is 3.84. The van der Waals surface area contributed by atoms with E-state index in [0.29, 0.717) is 37.3 Å². The van der Waals surface area contributed by atoms with E-state index in [1.54, 1.807) is 49.6 Å². The van der Waals surface area contributed by atoms with Gasteiger partial charge in [-0.05, 0) is 37.1 Å². The molecule has 0 atom stereocenters. The van der Waals surface area contributed by atoms with Gasteiger partial charge >= 0.3 is 6.03 Å². The van der Waals surface area contributed by atoms with Gasteiger partial charge in [0, 0.05) is 51.2 Å². The lowest BCUT2D eigenvalue weighted by Gasteiger charge is -2.33. The van der Waals surface area contributed by atoms with Crippen molar-refractivity contribution in [3.8, 4) is 5.69 Å². The van der Waals surface area contributed by atoms with E-state index in [1.165, 1.54) is 15.6 Å². The molecule has 8 heteroatoms. The van der Waals surface area contributed by atoms with E-state index in [1.807, 2.05) is 0 Å². The van der Waals surface area contributed by atoms with Crippen LogP contribution in [0.1, 0.15) is 12.8 Å². The van der Waals surface area contributed by atoms with Gasteiger partial charge < -0.3 is 15.1 Å². The van der Waals surface area contributed by atoms with E-state index in [9.17, 15) is 14.0 Å². The molecule has 138 valence electrons. The highest BCUT2D eigenvalue weighted by Gasteiger charge is 2.28. The quantitative estimate of drug-likeness (QED) is 0.914. The number of likely N-dealkylation sites (tertiary alicyclic amines) is 1. The first-order valence-corrected chi connectivity index (χ1v) is 8.52. The molecular formula is C18H22FN5O2. The molecule has 3 rings (SSSR count). The summed E-state index contributed by atoms with van der Waals surface area (Å²) in [5.41, 5.74) is 0.735. The molecule has 2 aromatic rings. The van der Waals surface area contributed by atoms with E-state index in [4.69, 9.17) is 0 Å². The highest BCUT2D eigenvalue weighted by atomic mass is 19.1. The summed E-state index contributed by atoms with van der Waals surface area (Å²) in [6.07, 6.45) is 4.42. The molecule has 0 spiro atoms. The minimum absolute atomic E-state index is 0.0415. The molecule has 0 radical (unpaired) electrons. The van der Waals surface area contributed by atoms with Gasteiger partial charge in [0.25, 0.3) is 0 Å². The summed E-state index contributed by atoms with van der Waals surface area (Å²) >= 11 is 0. The van der Waals surface area contributed by atoms with Crippen LogP contribution in [0.4, 0.5) is 14.9 Å². The Morgan fingerprint density at radius 3 is 2.58 bits per heavy atom. The van der Waals surface area contributed by atoms with Gasteiger partial charge in [0.1, 0.15) is 5.69 Å². The molecule has 3 amide bonds. The van der Waals surface area contributed by atoms with Crippen LogP contribution in [0.25, 0.3) is 5.69 Å². The van der Waals surface area contributed by atoms with Crippen molar-refractivity contribution < 1.29 is 14.0 Å². The first-order chi connectivity index (χ1) is 12.5. The molecule has 0 aliphatic carbocycles. The zero-order valence-electron chi connectivity index (χ0n) is 14.9. The molecule has 1 aromatic carbocycles. The van der Waals surface area contributed by atoms with Crippen molar-refractivity contribution in [2.45, 2.75) is 12.8 Å². The molecule has 1 aliphatic heterocycles. The first kappa shape index (κ1) is 17.9. The number of nitrogens with zero attached hydrogens (tertiary/aromatic N) is 4. The van der Waals surface area contributed by atoms with Gasteiger partial charge in [-0.1, -0.05) is 0 Å². The fourth-order valence-electron chi connectivity index (χ4n) is 3.04. The molecule has 1 aromatic heterocycles. The molecular weight excluding hydrogens is 337 g/mol. The SMILES string of the molecule is CN(C)C(=O)N1CCC(C(=O)Nc2ccc(-n3cccn3)c(F)c2)CC1. The maximum Gasteiger partial charge on any atom is 0.319 e. The van der Waals surface area contributed by atoms with Gasteiger partial charge in [-0.3, -0.25) is 4.79 Å². The summed E-state index contributed by atoms with van der Waals surface area (Å²) in [5.74, 6) is -0.791. The third-order valence-corrected chi connectivity index (χ3v) is 4.49. The monoisotopic (exact) mass is 359 g/mol. The van der Waals surface area contributed by atoms with Crippen LogP contribution in [0, 0.1) is 11.7 Å². The lowest BCUT2D eigenvalue weighted by Crippen LogP contribution is -2.45. The second kappa shape index (κ2) is 7.55. The zero-order valence-corrected chi connectivity index (χ0v) is 14.9. The highest BCUT2D eigenvalue weighted by Crippen LogP contribution is 2.22. The molecule has 2 heterocycles. The number of carbonyl (C=O) groups excluding carboxylic acids is 2. The minimum atomic E-state index is -0.460. The molecule has 1 aliphatic rings. The van der Waals surface area contributed by atoms with Gasteiger partial charge in [0.05, 0.1) is 0 Å². The number of urea groups is 1. The van der Waals surface area contributed by atoms with Crippen molar-refractivity contribution in [1.29, 1.82) is 0 Å². The standard InChI is InChI=1S/C18H22FN5O2/c1-22(2)18(26)23-10-6-13(7-11-23)17(25)21-14-4-5-16(15(19)12-14)24-9-3-8-20-24/h3-5,8-9,12-13H,6-7,10-11H2,1-2H3,(H,21,25). The summed E-state index contributed by atoms with van der Waals surface area (Å²) in [4.78, 5) is 27.6. The van der Waals surface area contributed by atoms with Crippen molar-refractivity contribution in [1.82, 2.24) is 19.6 Å². The average molecular weight is 359 g/mol. The van der Waals surface area contributed by atoms with E-state index >= 15 is 0 Å². The number of hydrogen-bond acceptors (Lipinski definition) is 3. The molecule has 7 nitrogen and oxygen atoms in total. The number of hydrogen-bond donors (Lipinski definition) is 1. The first-order valence-electron chi connectivity index (χ1n) is 8.52. The maximum atomic E-state index is 14.3. The van der Waals surface area contributed by atoms with Gasteiger partial charge in [-0.2, -0.15) is 5.10 Å². The molecule has 1 fully saturated rings. The van der Waals surface area contributed by atoms with Crippen LogP contribution in [0.2, 0.25) is 0 Å². The summed E-state index contributed by atoms with van der Waals surface area (Å²) in [5, 5.41) is 6.77. The van der Waals surface area contributed by atoms with E-state index in [2.05, 4.69) is 10.4 Å². The third-order valence-electron chi connectivity index (χ3n) is 4.49. The largest absolute Gasteiger partial charge is 0.331 e. The summed E-state index contributed by atoms with van der Waals surface area (Å²) in [6.45, 7) is 1.09. The van der Waals surface area contributed by atoms with Crippen molar-refractivity contribution in [3.05, 3.63) is 42.5 Å². The van der Waals surface area contributed by atoms with Crippen LogP contribution in [-0.4, -0.2) is 58.7 Å². The molecule has 0 saturated carbocycles. The lowest BCUT2D eigenvalue weighted by atomic mass is 9.96. The number of halogens is 1. The Labute approximate surface area is 151 Å². The van der Waals surface area contributed by atoms with E-state index < -0.39 is 5.82 Å². The van der Waals surface area contributed by atoms with Gasteiger partial charge in [0.2, 0.25) is 5.91 Å². The highest BCUT2D eigenvalue weighted by molar-refractivity contribution is 5.92. The number of anilines is 1. The Hall–Kier alpha value is -2.90. The van der Waals surface area contributed by atoms with Crippen molar-refractivity contribution in [2.75, 3.05) is 32.5 Å². The predicted octanol–water partition coefficient (Wildman–Crippen LogP) is 2.34. The van der Waals surface area contributed by atoms with Gasteiger partial charge in [-0.15, -0.1) is 0 Å². The molecule has 1 saturated heterocycles. The number of carbonyl (C=O) groups is 2. The summed E-state index contributed by atoms with van der Waals surface area (Å²) < 4.78 is 15.7. The van der Waals surface area contributed by atoms with E-state index in [0.717, 1.165) is 0 Å². The van der Waals surface area contributed by atoms with Crippen molar-refractivity contribution >= 4 is 17.6 Å². The van der Waals surface area contributed by atoms with Crippen molar-refractivity contribution in [2.24, 2.45) is 5.92 Å². The Bertz CT molecular complexity index is 783. The zero-order chi connectivity index (χ0) is 18.7. The smallest absolute Gasteiger partial charge is 0.319 e. The Morgan fingerprint density at radius 1 is 1.27 bits per heavy atom. The number of amides is 3. The second-order valence-corrected chi connectivity index (χ2v) is 6.54. The molecule has 1 N–H and O–H groups in total. The fourth-order valence-corrected chi connectivity index (χ4v) is 3.04. The van der Waals surface area contributed by atoms with Crippen LogP contribution >= 0.6 is 0 Å². The Morgan fingerprint density at radius 2 is 2.00 bits per heavy atom. The van der Waals surface area contributed by atoms with Crippen LogP contribution in [-0.2, 0) is 4.79 Å². The number of benzene rings is 1. The minimum Gasteiger partial charge on any atom is -0.331 e. The average Bonchev–Trinajstić information content (AvgIpc) is 3.15. The van der Waals surface area contributed by atoms with Crippen LogP contribution in [0.5, 0.6) is 0 Å².